The van der Waals surface area contributed by atoms with E-state index in [1.807, 2.05) is 67.6 Å². The minimum Gasteiger partial charge on any atom is -0.456 e. The van der Waals surface area contributed by atoms with E-state index < -0.39 is 5.97 Å². The summed E-state index contributed by atoms with van der Waals surface area (Å²) in [7, 11) is 0. The Morgan fingerprint density at radius 3 is 2.41 bits per heavy atom. The number of nitrogens with zero attached hydrogens (tertiary/aromatic N) is 3. The smallest absolute Gasteiger partial charge is 0.360 e. The fourth-order valence-corrected chi connectivity index (χ4v) is 3.26. The van der Waals surface area contributed by atoms with Crippen molar-refractivity contribution in [1.29, 1.82) is 0 Å². The second-order valence-corrected chi connectivity index (χ2v) is 6.83. The number of ether oxygens (including phenoxy) is 1. The first-order chi connectivity index (χ1) is 14.0. The molecule has 0 aliphatic carbocycles. The minimum atomic E-state index is -0.573. The van der Waals surface area contributed by atoms with E-state index in [0.29, 0.717) is 28.1 Å². The van der Waals surface area contributed by atoms with Crippen LogP contribution in [0.2, 0.25) is 5.15 Å². The van der Waals surface area contributed by atoms with E-state index in [9.17, 15) is 4.79 Å². The van der Waals surface area contributed by atoms with Crippen molar-refractivity contribution in [3.63, 3.8) is 0 Å². The van der Waals surface area contributed by atoms with Gasteiger partial charge in [0.2, 0.25) is 5.89 Å². The molecule has 0 amide bonds. The Bertz CT molecular complexity index is 1150. The summed E-state index contributed by atoms with van der Waals surface area (Å²) in [5, 5.41) is 4.86. The zero-order chi connectivity index (χ0) is 20.4. The highest BCUT2D eigenvalue weighted by Crippen LogP contribution is 2.26. The average Bonchev–Trinajstić information content (AvgIpc) is 3.27. The van der Waals surface area contributed by atoms with Gasteiger partial charge in [-0.1, -0.05) is 48.0 Å². The van der Waals surface area contributed by atoms with Crippen LogP contribution in [0.1, 0.15) is 27.5 Å². The molecule has 0 aliphatic heterocycles. The lowest BCUT2D eigenvalue weighted by atomic mass is 10.2. The van der Waals surface area contributed by atoms with Gasteiger partial charge in [0.15, 0.2) is 5.69 Å². The first kappa shape index (κ1) is 19.0. The summed E-state index contributed by atoms with van der Waals surface area (Å²) in [6, 6.07) is 18.9. The van der Waals surface area contributed by atoms with E-state index in [1.54, 1.807) is 11.6 Å². The number of hydrogen-bond acceptors (Lipinski definition) is 5. The molecule has 0 fully saturated rings. The fraction of sp³-hybridized carbons (Fsp3) is 0.136. The minimum absolute atomic E-state index is 0.0106. The maximum Gasteiger partial charge on any atom is 0.360 e. The van der Waals surface area contributed by atoms with Crippen molar-refractivity contribution in [1.82, 2.24) is 14.8 Å². The summed E-state index contributed by atoms with van der Waals surface area (Å²) in [5.41, 5.74) is 3.10. The zero-order valence-corrected chi connectivity index (χ0v) is 16.7. The van der Waals surface area contributed by atoms with Gasteiger partial charge in [0.25, 0.3) is 0 Å². The monoisotopic (exact) mass is 407 g/mol. The van der Waals surface area contributed by atoms with Gasteiger partial charge in [-0.05, 0) is 38.1 Å². The van der Waals surface area contributed by atoms with E-state index in [2.05, 4.69) is 10.1 Å². The van der Waals surface area contributed by atoms with Crippen molar-refractivity contribution in [2.45, 2.75) is 20.5 Å². The summed E-state index contributed by atoms with van der Waals surface area (Å²) in [4.78, 5) is 16.9. The Hall–Kier alpha value is -3.38. The second-order valence-electron chi connectivity index (χ2n) is 6.47. The van der Waals surface area contributed by atoms with Gasteiger partial charge in [0.05, 0.1) is 11.4 Å². The van der Waals surface area contributed by atoms with E-state index >= 15 is 0 Å². The topological polar surface area (TPSA) is 70.2 Å². The summed E-state index contributed by atoms with van der Waals surface area (Å²) in [6.45, 7) is 3.49. The molecule has 7 heteroatoms. The number of carbonyl (C=O) groups is 1. The Kier molecular flexibility index (Phi) is 5.18. The van der Waals surface area contributed by atoms with Crippen LogP contribution in [0.3, 0.4) is 0 Å². The van der Waals surface area contributed by atoms with Crippen LogP contribution >= 0.6 is 11.6 Å². The number of aromatic nitrogens is 3. The fourth-order valence-electron chi connectivity index (χ4n) is 2.93. The summed E-state index contributed by atoms with van der Waals surface area (Å²) in [5.74, 6) is 0.203. The number of aryl methyl sites for hydroxylation is 2. The molecule has 0 spiro atoms. The van der Waals surface area contributed by atoms with Gasteiger partial charge in [-0.2, -0.15) is 5.10 Å². The molecule has 0 radical (unpaired) electrons. The highest BCUT2D eigenvalue weighted by Gasteiger charge is 2.22. The van der Waals surface area contributed by atoms with Crippen molar-refractivity contribution in [3.05, 3.63) is 88.5 Å². The van der Waals surface area contributed by atoms with Crippen LogP contribution in [0.5, 0.6) is 0 Å². The van der Waals surface area contributed by atoms with Crippen molar-refractivity contribution < 1.29 is 13.9 Å². The molecule has 4 rings (SSSR count). The zero-order valence-electron chi connectivity index (χ0n) is 15.9. The molecule has 29 heavy (non-hydrogen) atoms. The third-order valence-electron chi connectivity index (χ3n) is 4.48. The summed E-state index contributed by atoms with van der Waals surface area (Å²) in [6.07, 6.45) is 0. The Balaban J connectivity index is 1.52. The molecular weight excluding hydrogens is 390 g/mol. The van der Waals surface area contributed by atoms with Crippen LogP contribution in [0.25, 0.3) is 17.1 Å². The first-order valence-electron chi connectivity index (χ1n) is 9.04. The van der Waals surface area contributed by atoms with Crippen LogP contribution in [-0.2, 0) is 11.3 Å². The molecule has 2 aromatic carbocycles. The number of esters is 1. The van der Waals surface area contributed by atoms with Gasteiger partial charge in [-0.25, -0.2) is 14.5 Å². The number of carbonyl (C=O) groups excluding carboxylic acids is 1. The van der Waals surface area contributed by atoms with Gasteiger partial charge in [0, 0.05) is 11.1 Å². The molecule has 0 unspecified atom stereocenters. The number of halogens is 1. The van der Waals surface area contributed by atoms with Gasteiger partial charge < -0.3 is 9.15 Å². The van der Waals surface area contributed by atoms with E-state index in [1.165, 1.54) is 0 Å². The van der Waals surface area contributed by atoms with Crippen LogP contribution in [0.4, 0.5) is 0 Å². The highest BCUT2D eigenvalue weighted by molar-refractivity contribution is 6.30. The molecule has 0 saturated heterocycles. The molecule has 2 aromatic heterocycles. The molecule has 0 atom stereocenters. The molecule has 146 valence electrons. The molecule has 0 bridgehead atoms. The number of hydrogen-bond donors (Lipinski definition) is 0. The second kappa shape index (κ2) is 7.93. The predicted molar refractivity (Wildman–Crippen MR) is 109 cm³/mol. The third kappa shape index (κ3) is 3.79. The van der Waals surface area contributed by atoms with Crippen LogP contribution < -0.4 is 0 Å². The van der Waals surface area contributed by atoms with Crippen molar-refractivity contribution in [3.8, 4) is 17.1 Å². The summed E-state index contributed by atoms with van der Waals surface area (Å²) < 4.78 is 12.7. The maximum absolute atomic E-state index is 12.6. The molecule has 6 nitrogen and oxygen atoms in total. The predicted octanol–water partition coefficient (Wildman–Crippen LogP) is 5.15. The largest absolute Gasteiger partial charge is 0.456 e. The first-order valence-corrected chi connectivity index (χ1v) is 9.42. The van der Waals surface area contributed by atoms with Crippen LogP contribution in [0, 0.1) is 13.8 Å². The number of oxazole rings is 1. The lowest BCUT2D eigenvalue weighted by Crippen LogP contribution is -2.07. The Labute approximate surface area is 172 Å². The van der Waals surface area contributed by atoms with Gasteiger partial charge >= 0.3 is 5.97 Å². The molecule has 4 aromatic rings. The molecular formula is C22H18ClN3O3. The molecule has 0 N–H and O–H groups in total. The number of para-hydroxylation sites is 1. The van der Waals surface area contributed by atoms with Crippen molar-refractivity contribution in [2.24, 2.45) is 0 Å². The van der Waals surface area contributed by atoms with Crippen molar-refractivity contribution in [2.75, 3.05) is 0 Å². The molecule has 0 saturated carbocycles. The van der Waals surface area contributed by atoms with Crippen LogP contribution in [-0.4, -0.2) is 20.7 Å². The number of rotatable bonds is 5. The Morgan fingerprint density at radius 1 is 1.07 bits per heavy atom. The van der Waals surface area contributed by atoms with E-state index in [-0.39, 0.29) is 12.3 Å². The molecule has 0 aliphatic rings. The average molecular weight is 408 g/mol. The lowest BCUT2D eigenvalue weighted by molar-refractivity contribution is 0.0464. The van der Waals surface area contributed by atoms with Crippen LogP contribution in [0.15, 0.2) is 65.1 Å². The summed E-state index contributed by atoms with van der Waals surface area (Å²) >= 11 is 6.48. The number of benzene rings is 2. The third-order valence-corrected chi connectivity index (χ3v) is 4.87. The lowest BCUT2D eigenvalue weighted by Gasteiger charge is -2.04. The van der Waals surface area contributed by atoms with Gasteiger partial charge in [-0.15, -0.1) is 0 Å². The Morgan fingerprint density at radius 2 is 1.72 bits per heavy atom. The van der Waals surface area contributed by atoms with Gasteiger partial charge in [0.1, 0.15) is 17.5 Å². The van der Waals surface area contributed by atoms with Crippen molar-refractivity contribution >= 4 is 17.6 Å². The van der Waals surface area contributed by atoms with E-state index in [4.69, 9.17) is 20.8 Å². The van der Waals surface area contributed by atoms with E-state index in [0.717, 1.165) is 11.3 Å². The highest BCUT2D eigenvalue weighted by atomic mass is 35.5. The standard InChI is InChI=1S/C22H18ClN3O3/c1-14-18(20(23)26(25-14)17-11-7-4-8-12-17)13-28-22(27)19-15(2)29-21(24-19)16-9-5-3-6-10-16/h3-12H,13H2,1-2H3. The maximum atomic E-state index is 12.6. The quantitative estimate of drug-likeness (QED) is 0.427. The SMILES string of the molecule is Cc1nn(-c2ccccc2)c(Cl)c1COC(=O)c1nc(-c2ccccc2)oc1C. The molecule has 2 heterocycles. The van der Waals surface area contributed by atoms with Gasteiger partial charge in [-0.3, -0.25) is 0 Å². The normalized spacial score (nSPS) is 10.9.